The Morgan fingerprint density at radius 3 is 2.49 bits per heavy atom. The monoisotopic (exact) mass is 473 g/mol. The molecule has 0 unspecified atom stereocenters. The molecule has 9 nitrogen and oxygen atoms in total. The summed E-state index contributed by atoms with van der Waals surface area (Å²) in [5.74, 6) is 0.249. The van der Waals surface area contributed by atoms with Crippen molar-refractivity contribution in [3.63, 3.8) is 0 Å². The fraction of sp³-hybridized carbons (Fsp3) is 0.308. The fourth-order valence-corrected chi connectivity index (χ4v) is 4.58. The molecule has 0 bridgehead atoms. The van der Waals surface area contributed by atoms with E-state index in [4.69, 9.17) is 9.72 Å². The van der Waals surface area contributed by atoms with Crippen molar-refractivity contribution in [3.8, 4) is 0 Å². The van der Waals surface area contributed by atoms with Crippen LogP contribution in [0.4, 0.5) is 11.6 Å². The van der Waals surface area contributed by atoms with Gasteiger partial charge >= 0.3 is 11.7 Å². The SMILES string of the molecule is CCOC(=O)c1ccc(N2CCCn3c2nc2c3c(=O)n(CCc3ccccc3)c(=O)n2C)cc1. The highest BCUT2D eigenvalue weighted by molar-refractivity contribution is 5.90. The lowest BCUT2D eigenvalue weighted by atomic mass is 10.1. The number of rotatable bonds is 6. The Balaban J connectivity index is 1.54. The molecular weight excluding hydrogens is 446 g/mol. The number of anilines is 2. The molecule has 0 spiro atoms. The Morgan fingerprint density at radius 1 is 1.03 bits per heavy atom. The van der Waals surface area contributed by atoms with Gasteiger partial charge in [-0.3, -0.25) is 13.9 Å². The third-order valence-corrected chi connectivity index (χ3v) is 6.37. The van der Waals surface area contributed by atoms with Gasteiger partial charge in [-0.05, 0) is 49.6 Å². The molecule has 2 aromatic carbocycles. The van der Waals surface area contributed by atoms with Gasteiger partial charge in [0, 0.05) is 32.4 Å². The maximum Gasteiger partial charge on any atom is 0.338 e. The number of fused-ring (bicyclic) bond motifs is 3. The number of benzene rings is 2. The molecule has 0 fully saturated rings. The minimum absolute atomic E-state index is 0.297. The van der Waals surface area contributed by atoms with E-state index in [0.717, 1.165) is 17.7 Å². The Bertz CT molecular complexity index is 1500. The molecule has 0 radical (unpaired) electrons. The van der Waals surface area contributed by atoms with Gasteiger partial charge in [0.05, 0.1) is 12.2 Å². The Kier molecular flexibility index (Phi) is 5.98. The van der Waals surface area contributed by atoms with Crippen molar-refractivity contribution in [2.45, 2.75) is 32.9 Å². The van der Waals surface area contributed by atoms with Gasteiger partial charge < -0.3 is 14.2 Å². The van der Waals surface area contributed by atoms with Crippen molar-refractivity contribution < 1.29 is 9.53 Å². The van der Waals surface area contributed by atoms with Crippen LogP contribution in [0, 0.1) is 0 Å². The molecule has 0 atom stereocenters. The molecule has 4 aromatic rings. The van der Waals surface area contributed by atoms with Crippen LogP contribution in [0.1, 0.15) is 29.3 Å². The summed E-state index contributed by atoms with van der Waals surface area (Å²) < 4.78 is 9.73. The normalized spacial score (nSPS) is 13.1. The second-order valence-electron chi connectivity index (χ2n) is 8.54. The molecule has 180 valence electrons. The summed E-state index contributed by atoms with van der Waals surface area (Å²) in [6.45, 7) is 3.73. The van der Waals surface area contributed by atoms with Gasteiger partial charge in [-0.2, -0.15) is 4.98 Å². The van der Waals surface area contributed by atoms with Crippen LogP contribution in [0.25, 0.3) is 11.2 Å². The average Bonchev–Trinajstić information content (AvgIpc) is 3.28. The van der Waals surface area contributed by atoms with E-state index in [1.807, 2.05) is 51.9 Å². The molecule has 0 saturated carbocycles. The standard InChI is InChI=1S/C26H27N5O4/c1-3-35-24(33)19-10-12-20(13-11-19)29-15-7-16-30-21-22(27-25(29)30)28(2)26(34)31(23(21)32)17-14-18-8-5-4-6-9-18/h4-6,8-13H,3,7,14-17H2,1-2H3. The zero-order valence-corrected chi connectivity index (χ0v) is 19.8. The number of nitrogens with zero attached hydrogens (tertiary/aromatic N) is 5. The molecule has 9 heteroatoms. The smallest absolute Gasteiger partial charge is 0.338 e. The lowest BCUT2D eigenvalue weighted by molar-refractivity contribution is 0.0526. The van der Waals surface area contributed by atoms with Crippen LogP contribution in [-0.2, 0) is 31.3 Å². The summed E-state index contributed by atoms with van der Waals surface area (Å²) in [4.78, 5) is 45.3. The predicted molar refractivity (Wildman–Crippen MR) is 133 cm³/mol. The minimum Gasteiger partial charge on any atom is -0.462 e. The summed E-state index contributed by atoms with van der Waals surface area (Å²) >= 11 is 0. The van der Waals surface area contributed by atoms with Crippen LogP contribution in [0.2, 0.25) is 0 Å². The first-order chi connectivity index (χ1) is 17.0. The molecule has 2 aromatic heterocycles. The predicted octanol–water partition coefficient (Wildman–Crippen LogP) is 2.86. The first kappa shape index (κ1) is 22.6. The fourth-order valence-electron chi connectivity index (χ4n) is 4.58. The van der Waals surface area contributed by atoms with Gasteiger partial charge in [0.2, 0.25) is 5.95 Å². The quantitative estimate of drug-likeness (QED) is 0.400. The summed E-state index contributed by atoms with van der Waals surface area (Å²) in [6.07, 6.45) is 1.39. The molecule has 0 amide bonds. The van der Waals surface area contributed by atoms with Crippen LogP contribution >= 0.6 is 0 Å². The molecule has 0 N–H and O–H groups in total. The van der Waals surface area contributed by atoms with Crippen LogP contribution in [0.15, 0.2) is 64.2 Å². The Morgan fingerprint density at radius 2 is 1.77 bits per heavy atom. The van der Waals surface area contributed by atoms with E-state index in [-0.39, 0.29) is 17.2 Å². The Hall–Kier alpha value is -4.14. The Labute approximate surface area is 201 Å². The van der Waals surface area contributed by atoms with E-state index in [0.29, 0.717) is 55.3 Å². The molecule has 35 heavy (non-hydrogen) atoms. The molecule has 0 aliphatic carbocycles. The zero-order valence-electron chi connectivity index (χ0n) is 19.8. The number of carbonyl (C=O) groups excluding carboxylic acids is 1. The average molecular weight is 474 g/mol. The van der Waals surface area contributed by atoms with E-state index in [1.54, 1.807) is 26.1 Å². The minimum atomic E-state index is -0.376. The number of esters is 1. The molecule has 5 rings (SSSR count). The molecule has 3 heterocycles. The number of aromatic nitrogens is 4. The zero-order chi connectivity index (χ0) is 24.5. The van der Waals surface area contributed by atoms with Gasteiger partial charge in [-0.1, -0.05) is 30.3 Å². The van der Waals surface area contributed by atoms with Gasteiger partial charge in [0.15, 0.2) is 11.2 Å². The number of hydrogen-bond acceptors (Lipinski definition) is 6. The second kappa shape index (κ2) is 9.25. The highest BCUT2D eigenvalue weighted by Crippen LogP contribution is 2.31. The highest BCUT2D eigenvalue weighted by atomic mass is 16.5. The third-order valence-electron chi connectivity index (χ3n) is 6.37. The second-order valence-corrected chi connectivity index (χ2v) is 8.54. The van der Waals surface area contributed by atoms with Crippen molar-refractivity contribution in [2.75, 3.05) is 18.1 Å². The molecular formula is C26H27N5O4. The van der Waals surface area contributed by atoms with Gasteiger partial charge in [-0.25, -0.2) is 9.59 Å². The number of carbonyl (C=O) groups is 1. The third kappa shape index (κ3) is 4.03. The van der Waals surface area contributed by atoms with Crippen molar-refractivity contribution in [1.82, 2.24) is 18.7 Å². The van der Waals surface area contributed by atoms with Crippen molar-refractivity contribution in [1.29, 1.82) is 0 Å². The lowest BCUT2D eigenvalue weighted by Crippen LogP contribution is -2.40. The van der Waals surface area contributed by atoms with E-state index in [1.165, 1.54) is 9.13 Å². The van der Waals surface area contributed by atoms with E-state index in [2.05, 4.69) is 0 Å². The summed E-state index contributed by atoms with van der Waals surface area (Å²) in [5.41, 5.74) is 2.50. The highest BCUT2D eigenvalue weighted by Gasteiger charge is 2.27. The van der Waals surface area contributed by atoms with E-state index in [9.17, 15) is 14.4 Å². The van der Waals surface area contributed by atoms with Crippen LogP contribution in [-0.4, -0.2) is 37.8 Å². The van der Waals surface area contributed by atoms with Crippen molar-refractivity contribution >= 4 is 28.8 Å². The summed E-state index contributed by atoms with van der Waals surface area (Å²) in [5, 5.41) is 0. The number of hydrogen-bond donors (Lipinski definition) is 0. The van der Waals surface area contributed by atoms with Gasteiger partial charge in [0.25, 0.3) is 5.56 Å². The number of imidazole rings is 1. The van der Waals surface area contributed by atoms with Crippen molar-refractivity contribution in [3.05, 3.63) is 86.6 Å². The summed E-state index contributed by atoms with van der Waals surface area (Å²) in [6, 6.07) is 16.9. The first-order valence-electron chi connectivity index (χ1n) is 11.8. The topological polar surface area (TPSA) is 91.4 Å². The van der Waals surface area contributed by atoms with E-state index >= 15 is 0 Å². The van der Waals surface area contributed by atoms with Crippen molar-refractivity contribution in [2.24, 2.45) is 7.05 Å². The molecule has 1 aliphatic rings. The summed E-state index contributed by atoms with van der Waals surface area (Å²) in [7, 11) is 1.65. The first-order valence-corrected chi connectivity index (χ1v) is 11.8. The number of aryl methyl sites for hydroxylation is 3. The van der Waals surface area contributed by atoms with Crippen LogP contribution < -0.4 is 16.1 Å². The largest absolute Gasteiger partial charge is 0.462 e. The maximum atomic E-state index is 13.5. The van der Waals surface area contributed by atoms with Gasteiger partial charge in [0.1, 0.15) is 0 Å². The van der Waals surface area contributed by atoms with E-state index < -0.39 is 0 Å². The number of ether oxygens (including phenoxy) is 1. The van der Waals surface area contributed by atoms with Crippen LogP contribution in [0.5, 0.6) is 0 Å². The maximum absolute atomic E-state index is 13.5. The molecule has 1 aliphatic heterocycles. The van der Waals surface area contributed by atoms with Gasteiger partial charge in [-0.15, -0.1) is 0 Å². The van der Waals surface area contributed by atoms with Crippen LogP contribution in [0.3, 0.4) is 0 Å². The molecule has 0 saturated heterocycles. The lowest BCUT2D eigenvalue weighted by Gasteiger charge is -2.29.